The van der Waals surface area contributed by atoms with E-state index in [1.807, 2.05) is 6.92 Å². The molecule has 0 radical (unpaired) electrons. The molecule has 1 aliphatic rings. The van der Waals surface area contributed by atoms with E-state index in [2.05, 4.69) is 14.9 Å². The summed E-state index contributed by atoms with van der Waals surface area (Å²) in [7, 11) is 1.75. The van der Waals surface area contributed by atoms with Crippen molar-refractivity contribution in [2.45, 2.75) is 25.9 Å². The molecule has 1 N–H and O–H groups in total. The molecule has 0 aromatic carbocycles. The van der Waals surface area contributed by atoms with E-state index < -0.39 is 0 Å². The molecule has 1 aliphatic heterocycles. The number of H-pyrrole nitrogens is 1. The number of nitrogens with one attached hydrogen (secondary N) is 1. The van der Waals surface area contributed by atoms with Gasteiger partial charge in [-0.2, -0.15) is 0 Å². The lowest BCUT2D eigenvalue weighted by atomic mass is 10.1. The maximum absolute atomic E-state index is 11.1. The maximum Gasteiger partial charge on any atom is 0.345 e. The number of hydrogen-bond donors (Lipinski definition) is 1. The quantitative estimate of drug-likeness (QED) is 0.795. The molecule has 0 amide bonds. The predicted octanol–water partition coefficient (Wildman–Crippen LogP) is 0.205. The van der Waals surface area contributed by atoms with Gasteiger partial charge in [-0.25, -0.2) is 9.78 Å². The first-order valence-corrected chi connectivity index (χ1v) is 6.05. The molecule has 0 unspecified atom stereocenters. The minimum absolute atomic E-state index is 0.256. The van der Waals surface area contributed by atoms with Crippen LogP contribution in [-0.4, -0.2) is 47.7 Å². The van der Waals surface area contributed by atoms with Gasteiger partial charge in [-0.3, -0.25) is 4.90 Å². The van der Waals surface area contributed by atoms with E-state index >= 15 is 0 Å². The van der Waals surface area contributed by atoms with Gasteiger partial charge in [0.25, 0.3) is 0 Å². The molecular weight excluding hydrogens is 218 g/mol. The van der Waals surface area contributed by atoms with Crippen LogP contribution in [0.2, 0.25) is 0 Å². The van der Waals surface area contributed by atoms with Crippen LogP contribution < -0.4 is 5.69 Å². The average Bonchev–Trinajstić information content (AvgIpc) is 2.28. The Morgan fingerprint density at radius 3 is 3.00 bits per heavy atom. The van der Waals surface area contributed by atoms with Crippen molar-refractivity contribution < 1.29 is 4.74 Å². The molecule has 0 bridgehead atoms. The van der Waals surface area contributed by atoms with Crippen LogP contribution >= 0.6 is 0 Å². The number of aryl methyl sites for hydroxylation is 1. The fraction of sp³-hybridized carbons (Fsp3) is 0.667. The van der Waals surface area contributed by atoms with Crippen molar-refractivity contribution in [1.29, 1.82) is 0 Å². The van der Waals surface area contributed by atoms with Gasteiger partial charge in [0.15, 0.2) is 0 Å². The molecule has 1 aromatic heterocycles. The van der Waals surface area contributed by atoms with Crippen molar-refractivity contribution in [1.82, 2.24) is 14.9 Å². The molecule has 0 saturated carbocycles. The Morgan fingerprint density at radius 2 is 2.35 bits per heavy atom. The first kappa shape index (κ1) is 12.3. The van der Waals surface area contributed by atoms with Gasteiger partial charge >= 0.3 is 5.69 Å². The van der Waals surface area contributed by atoms with Crippen LogP contribution in [0.25, 0.3) is 0 Å². The van der Waals surface area contributed by atoms with E-state index in [0.717, 1.165) is 43.7 Å². The minimum Gasteiger partial charge on any atom is -0.379 e. The first-order chi connectivity index (χ1) is 8.22. The Kier molecular flexibility index (Phi) is 3.91. The molecule has 94 valence electrons. The normalized spacial score (nSPS) is 17.1. The monoisotopic (exact) mass is 237 g/mol. The van der Waals surface area contributed by atoms with Crippen molar-refractivity contribution in [3.63, 3.8) is 0 Å². The number of likely N-dealkylation sites (tertiary alicyclic amines) is 1. The lowest BCUT2D eigenvalue weighted by molar-refractivity contribution is -0.0285. The van der Waals surface area contributed by atoms with E-state index in [4.69, 9.17) is 4.74 Å². The molecule has 0 spiro atoms. The second-order valence-corrected chi connectivity index (χ2v) is 4.41. The van der Waals surface area contributed by atoms with Crippen molar-refractivity contribution in [2.75, 3.05) is 26.7 Å². The lowest BCUT2D eigenvalue weighted by Gasteiger charge is -2.38. The summed E-state index contributed by atoms with van der Waals surface area (Å²) in [5.74, 6) is 0. The topological polar surface area (TPSA) is 58.2 Å². The van der Waals surface area contributed by atoms with Crippen LogP contribution in [0.5, 0.6) is 0 Å². The molecule has 1 fully saturated rings. The lowest BCUT2D eigenvalue weighted by Crippen LogP contribution is -2.52. The second-order valence-electron chi connectivity index (χ2n) is 4.41. The van der Waals surface area contributed by atoms with Crippen LogP contribution in [0.15, 0.2) is 11.0 Å². The zero-order valence-electron chi connectivity index (χ0n) is 10.4. The van der Waals surface area contributed by atoms with Gasteiger partial charge in [-0.1, -0.05) is 6.92 Å². The molecule has 2 rings (SSSR count). The SMILES string of the molecule is CCc1[nH]c(=O)ncc1CCN1CC(OC)C1. The zero-order valence-corrected chi connectivity index (χ0v) is 10.4. The maximum atomic E-state index is 11.1. The van der Waals surface area contributed by atoms with Crippen molar-refractivity contribution >= 4 is 0 Å². The van der Waals surface area contributed by atoms with Crippen LogP contribution in [0.3, 0.4) is 0 Å². The van der Waals surface area contributed by atoms with Gasteiger partial charge in [0.2, 0.25) is 0 Å². The van der Waals surface area contributed by atoms with Crippen LogP contribution in [0.4, 0.5) is 0 Å². The first-order valence-electron chi connectivity index (χ1n) is 6.05. The average molecular weight is 237 g/mol. The van der Waals surface area contributed by atoms with Gasteiger partial charge in [0.1, 0.15) is 0 Å². The molecule has 1 saturated heterocycles. The Bertz CT molecular complexity index is 424. The number of ether oxygens (including phenoxy) is 1. The number of aromatic amines is 1. The summed E-state index contributed by atoms with van der Waals surface area (Å²) < 4.78 is 5.23. The smallest absolute Gasteiger partial charge is 0.345 e. The van der Waals surface area contributed by atoms with E-state index in [9.17, 15) is 4.79 Å². The number of nitrogens with zero attached hydrogens (tertiary/aromatic N) is 2. The summed E-state index contributed by atoms with van der Waals surface area (Å²) >= 11 is 0. The predicted molar refractivity (Wildman–Crippen MR) is 65.2 cm³/mol. The highest BCUT2D eigenvalue weighted by atomic mass is 16.5. The zero-order chi connectivity index (χ0) is 12.3. The Labute approximate surface area is 101 Å². The fourth-order valence-electron chi connectivity index (χ4n) is 2.12. The van der Waals surface area contributed by atoms with Gasteiger partial charge < -0.3 is 9.72 Å². The summed E-state index contributed by atoms with van der Waals surface area (Å²) in [6, 6.07) is 0. The Balaban J connectivity index is 1.89. The Morgan fingerprint density at radius 1 is 1.59 bits per heavy atom. The third-order valence-corrected chi connectivity index (χ3v) is 3.29. The van der Waals surface area contributed by atoms with Gasteiger partial charge in [-0.05, 0) is 18.4 Å². The van der Waals surface area contributed by atoms with Gasteiger partial charge in [-0.15, -0.1) is 0 Å². The number of methoxy groups -OCH3 is 1. The molecule has 1 aromatic rings. The third-order valence-electron chi connectivity index (χ3n) is 3.29. The highest BCUT2D eigenvalue weighted by Gasteiger charge is 2.25. The molecule has 0 atom stereocenters. The summed E-state index contributed by atoms with van der Waals surface area (Å²) in [5, 5.41) is 0. The molecule has 2 heterocycles. The Hall–Kier alpha value is -1.20. The number of rotatable bonds is 5. The van der Waals surface area contributed by atoms with Crippen LogP contribution in [0, 0.1) is 0 Å². The molecular formula is C12H19N3O2. The fourth-order valence-corrected chi connectivity index (χ4v) is 2.12. The summed E-state index contributed by atoms with van der Waals surface area (Å²) in [6.07, 6.45) is 3.87. The largest absolute Gasteiger partial charge is 0.379 e. The summed E-state index contributed by atoms with van der Waals surface area (Å²) in [4.78, 5) is 20.0. The van der Waals surface area contributed by atoms with Crippen molar-refractivity contribution in [3.05, 3.63) is 27.9 Å². The standard InChI is InChI=1S/C12H19N3O2/c1-3-11-9(6-13-12(16)14-11)4-5-15-7-10(8-15)17-2/h6,10H,3-5,7-8H2,1-2H3,(H,13,14,16). The van der Waals surface area contributed by atoms with Gasteiger partial charge in [0.05, 0.1) is 6.10 Å². The second kappa shape index (κ2) is 5.42. The molecule has 0 aliphatic carbocycles. The van der Waals surface area contributed by atoms with Crippen LogP contribution in [0.1, 0.15) is 18.2 Å². The highest BCUT2D eigenvalue weighted by molar-refractivity contribution is 5.16. The number of aromatic nitrogens is 2. The van der Waals surface area contributed by atoms with E-state index in [1.54, 1.807) is 13.3 Å². The highest BCUT2D eigenvalue weighted by Crippen LogP contribution is 2.12. The summed E-state index contributed by atoms with van der Waals surface area (Å²) in [6.45, 7) is 5.06. The van der Waals surface area contributed by atoms with E-state index in [-0.39, 0.29) is 5.69 Å². The molecule has 5 heteroatoms. The van der Waals surface area contributed by atoms with Crippen LogP contribution in [-0.2, 0) is 17.6 Å². The van der Waals surface area contributed by atoms with Crippen molar-refractivity contribution in [2.24, 2.45) is 0 Å². The van der Waals surface area contributed by atoms with E-state index in [0.29, 0.717) is 6.10 Å². The van der Waals surface area contributed by atoms with E-state index in [1.165, 1.54) is 0 Å². The van der Waals surface area contributed by atoms with Crippen molar-refractivity contribution in [3.8, 4) is 0 Å². The molecule has 5 nitrogen and oxygen atoms in total. The number of hydrogen-bond acceptors (Lipinski definition) is 4. The van der Waals surface area contributed by atoms with Gasteiger partial charge in [0, 0.05) is 38.6 Å². The molecule has 17 heavy (non-hydrogen) atoms. The third kappa shape index (κ3) is 2.92. The minimum atomic E-state index is -0.256. The summed E-state index contributed by atoms with van der Waals surface area (Å²) in [5.41, 5.74) is 1.90.